The van der Waals surface area contributed by atoms with Crippen LogP contribution in [0.15, 0.2) is 12.3 Å². The van der Waals surface area contributed by atoms with E-state index in [2.05, 4.69) is 15.4 Å². The van der Waals surface area contributed by atoms with Crippen LogP contribution in [-0.4, -0.2) is 39.9 Å². The van der Waals surface area contributed by atoms with Gasteiger partial charge >= 0.3 is 0 Å². The highest BCUT2D eigenvalue weighted by atomic mass is 16.5. The predicted molar refractivity (Wildman–Crippen MR) is 78.8 cm³/mol. The molecule has 0 radical (unpaired) electrons. The van der Waals surface area contributed by atoms with Crippen LogP contribution in [0.25, 0.3) is 11.0 Å². The van der Waals surface area contributed by atoms with Crippen LogP contribution < -0.4 is 11.1 Å². The number of amides is 1. The Kier molecular flexibility index (Phi) is 3.18. The minimum Gasteiger partial charge on any atom is -0.379 e. The monoisotopic (exact) mass is 289 g/mol. The van der Waals surface area contributed by atoms with Gasteiger partial charge in [0.1, 0.15) is 0 Å². The van der Waals surface area contributed by atoms with Crippen LogP contribution in [0, 0.1) is 12.3 Å². The molecule has 1 amide bonds. The normalized spacial score (nSPS) is 25.4. The van der Waals surface area contributed by atoms with Gasteiger partial charge in [0.15, 0.2) is 5.65 Å². The van der Waals surface area contributed by atoms with Gasteiger partial charge in [-0.15, -0.1) is 0 Å². The molecule has 2 aromatic heterocycles. The van der Waals surface area contributed by atoms with Crippen LogP contribution in [0.4, 0.5) is 5.69 Å². The summed E-state index contributed by atoms with van der Waals surface area (Å²) in [5, 5.41) is 8.12. The maximum atomic E-state index is 12.5. The van der Waals surface area contributed by atoms with Crippen LogP contribution in [-0.2, 0) is 16.6 Å². The number of carbonyl (C=O) groups excluding carboxylic acids is 1. The molecule has 3 heterocycles. The fraction of sp³-hybridized carbons (Fsp3) is 0.500. The number of nitrogens with zero attached hydrogens (tertiary/aromatic N) is 3. The van der Waals surface area contributed by atoms with Gasteiger partial charge in [-0.1, -0.05) is 0 Å². The van der Waals surface area contributed by atoms with E-state index in [4.69, 9.17) is 10.5 Å². The summed E-state index contributed by atoms with van der Waals surface area (Å²) in [5.74, 6) is -0.143. The van der Waals surface area contributed by atoms with Crippen molar-refractivity contribution in [3.63, 3.8) is 0 Å². The molecule has 7 heteroatoms. The zero-order valence-electron chi connectivity index (χ0n) is 12.4. The summed E-state index contributed by atoms with van der Waals surface area (Å²) in [5.41, 5.74) is 7.57. The lowest BCUT2D eigenvalue weighted by Crippen LogP contribution is -2.47. The molecule has 1 aliphatic rings. The number of nitrogens with one attached hydrogen (secondary N) is 1. The van der Waals surface area contributed by atoms with Gasteiger partial charge in [-0.2, -0.15) is 5.10 Å². The van der Waals surface area contributed by atoms with E-state index >= 15 is 0 Å². The lowest BCUT2D eigenvalue weighted by Gasteiger charge is -2.25. The molecule has 0 aliphatic carbocycles. The number of pyridine rings is 1. The van der Waals surface area contributed by atoms with E-state index in [1.807, 2.05) is 27.0 Å². The van der Waals surface area contributed by atoms with Gasteiger partial charge < -0.3 is 15.8 Å². The van der Waals surface area contributed by atoms with Crippen molar-refractivity contribution in [2.24, 2.45) is 18.2 Å². The Morgan fingerprint density at radius 1 is 1.62 bits per heavy atom. The molecule has 3 rings (SSSR count). The highest BCUT2D eigenvalue weighted by Crippen LogP contribution is 2.29. The first-order valence-electron chi connectivity index (χ1n) is 6.86. The third-order valence-corrected chi connectivity index (χ3v) is 4.16. The van der Waals surface area contributed by atoms with E-state index in [1.54, 1.807) is 10.9 Å². The molecule has 2 unspecified atom stereocenters. The van der Waals surface area contributed by atoms with E-state index in [0.717, 1.165) is 16.7 Å². The van der Waals surface area contributed by atoms with Crippen LogP contribution >= 0.6 is 0 Å². The Bertz CT molecular complexity index is 711. The van der Waals surface area contributed by atoms with Crippen molar-refractivity contribution in [2.45, 2.75) is 19.9 Å². The van der Waals surface area contributed by atoms with E-state index in [9.17, 15) is 4.79 Å². The molecule has 2 aromatic rings. The van der Waals surface area contributed by atoms with Crippen molar-refractivity contribution < 1.29 is 9.53 Å². The summed E-state index contributed by atoms with van der Waals surface area (Å²) in [4.78, 5) is 16.8. The van der Waals surface area contributed by atoms with Gasteiger partial charge in [0.05, 0.1) is 36.2 Å². The number of carbonyl (C=O) groups is 1. The summed E-state index contributed by atoms with van der Waals surface area (Å²) < 4.78 is 7.03. The number of anilines is 1. The van der Waals surface area contributed by atoms with Gasteiger partial charge in [-0.05, 0) is 19.9 Å². The third-order valence-electron chi connectivity index (χ3n) is 4.16. The van der Waals surface area contributed by atoms with Gasteiger partial charge in [-0.3, -0.25) is 9.48 Å². The number of fused-ring (bicyclic) bond motifs is 1. The van der Waals surface area contributed by atoms with Crippen molar-refractivity contribution >= 4 is 22.6 Å². The molecule has 21 heavy (non-hydrogen) atoms. The molecule has 0 spiro atoms. The van der Waals surface area contributed by atoms with Crippen molar-refractivity contribution in [2.75, 3.05) is 18.5 Å². The molecule has 112 valence electrons. The SMILES string of the molecule is Cc1nn(C)c2ncc(NC(=O)C3(C)COCC3N)cc12. The number of ether oxygens (including phenoxy) is 1. The lowest BCUT2D eigenvalue weighted by molar-refractivity contribution is -0.125. The van der Waals surface area contributed by atoms with Gasteiger partial charge in [0, 0.05) is 18.5 Å². The minimum atomic E-state index is -0.709. The average molecular weight is 289 g/mol. The Morgan fingerprint density at radius 3 is 3.05 bits per heavy atom. The highest BCUT2D eigenvalue weighted by molar-refractivity contribution is 5.97. The zero-order chi connectivity index (χ0) is 15.2. The molecule has 1 saturated heterocycles. The predicted octanol–water partition coefficient (Wildman–Crippen LogP) is 0.579. The molecule has 0 saturated carbocycles. The molecule has 7 nitrogen and oxygen atoms in total. The van der Waals surface area contributed by atoms with E-state index in [0.29, 0.717) is 18.9 Å². The molecule has 1 aliphatic heterocycles. The van der Waals surface area contributed by atoms with Gasteiger partial charge in [0.2, 0.25) is 5.91 Å². The molecule has 0 bridgehead atoms. The Morgan fingerprint density at radius 2 is 2.38 bits per heavy atom. The van der Waals surface area contributed by atoms with E-state index in [1.165, 1.54) is 0 Å². The van der Waals surface area contributed by atoms with Gasteiger partial charge in [0.25, 0.3) is 0 Å². The maximum absolute atomic E-state index is 12.5. The summed E-state index contributed by atoms with van der Waals surface area (Å²) in [6, 6.07) is 1.59. The second kappa shape index (κ2) is 4.78. The molecular formula is C14H19N5O2. The number of nitrogens with two attached hydrogens (primary N) is 1. The second-order valence-corrected chi connectivity index (χ2v) is 5.80. The maximum Gasteiger partial charge on any atom is 0.234 e. The highest BCUT2D eigenvalue weighted by Gasteiger charge is 2.44. The number of hydrogen-bond donors (Lipinski definition) is 2. The summed E-state index contributed by atoms with van der Waals surface area (Å²) in [6.45, 7) is 4.48. The number of aryl methyl sites for hydroxylation is 2. The molecule has 1 fully saturated rings. The zero-order valence-corrected chi connectivity index (χ0v) is 12.4. The van der Waals surface area contributed by atoms with Crippen molar-refractivity contribution in [1.29, 1.82) is 0 Å². The molecule has 3 N–H and O–H groups in total. The fourth-order valence-electron chi connectivity index (χ4n) is 2.57. The Labute approximate surface area is 122 Å². The number of hydrogen-bond acceptors (Lipinski definition) is 5. The summed E-state index contributed by atoms with van der Waals surface area (Å²) >= 11 is 0. The number of aromatic nitrogens is 3. The molecule has 2 atom stereocenters. The fourth-order valence-corrected chi connectivity index (χ4v) is 2.57. The molecule has 0 aromatic carbocycles. The quantitative estimate of drug-likeness (QED) is 0.843. The molecular weight excluding hydrogens is 270 g/mol. The van der Waals surface area contributed by atoms with Crippen molar-refractivity contribution in [3.8, 4) is 0 Å². The summed E-state index contributed by atoms with van der Waals surface area (Å²) in [6.07, 6.45) is 1.63. The van der Waals surface area contributed by atoms with Crippen LogP contribution in [0.3, 0.4) is 0 Å². The largest absolute Gasteiger partial charge is 0.379 e. The summed E-state index contributed by atoms with van der Waals surface area (Å²) in [7, 11) is 1.84. The first-order valence-corrected chi connectivity index (χ1v) is 6.86. The minimum absolute atomic E-state index is 0.143. The van der Waals surface area contributed by atoms with Crippen LogP contribution in [0.1, 0.15) is 12.6 Å². The first kappa shape index (κ1) is 14.0. The van der Waals surface area contributed by atoms with E-state index < -0.39 is 5.41 Å². The Hall–Kier alpha value is -1.99. The lowest BCUT2D eigenvalue weighted by atomic mass is 9.85. The van der Waals surface area contributed by atoms with Crippen LogP contribution in [0.2, 0.25) is 0 Å². The average Bonchev–Trinajstić information content (AvgIpc) is 2.92. The number of rotatable bonds is 2. The van der Waals surface area contributed by atoms with Crippen molar-refractivity contribution in [1.82, 2.24) is 14.8 Å². The van der Waals surface area contributed by atoms with Gasteiger partial charge in [-0.25, -0.2) is 4.98 Å². The Balaban J connectivity index is 1.88. The van der Waals surface area contributed by atoms with Crippen LogP contribution in [0.5, 0.6) is 0 Å². The first-order chi connectivity index (χ1) is 9.91. The topological polar surface area (TPSA) is 95.1 Å². The smallest absolute Gasteiger partial charge is 0.234 e. The second-order valence-electron chi connectivity index (χ2n) is 5.80. The van der Waals surface area contributed by atoms with E-state index in [-0.39, 0.29) is 11.9 Å². The third kappa shape index (κ3) is 2.18. The standard InChI is InChI=1S/C14H19N5O2/c1-8-10-4-9(5-16-12(10)19(3)18-8)17-13(20)14(2)7-21-6-11(14)15/h4-5,11H,6-7,15H2,1-3H3,(H,17,20). The van der Waals surface area contributed by atoms with Crippen molar-refractivity contribution in [3.05, 3.63) is 18.0 Å².